The van der Waals surface area contributed by atoms with Crippen LogP contribution < -0.4 is 0 Å². The summed E-state index contributed by atoms with van der Waals surface area (Å²) < 4.78 is 11.5. The maximum absolute atomic E-state index is 10.5. The Balaban J connectivity index is 1.90. The van der Waals surface area contributed by atoms with Crippen molar-refractivity contribution in [1.29, 1.82) is 0 Å². The maximum atomic E-state index is 10.5. The third-order valence-electron chi connectivity index (χ3n) is 3.11. The quantitative estimate of drug-likeness (QED) is 0.903. The van der Waals surface area contributed by atoms with E-state index in [0.717, 1.165) is 5.56 Å². The smallest absolute Gasteiger partial charge is 0.303 e. The van der Waals surface area contributed by atoms with Crippen LogP contribution in [0.2, 0.25) is 5.02 Å². The fraction of sp³-hybridized carbons (Fsp3) is 0.500. The minimum atomic E-state index is -0.810. The monoisotopic (exact) mass is 284 g/mol. The molecule has 2 atom stereocenters. The van der Waals surface area contributed by atoms with Gasteiger partial charge in [-0.2, -0.15) is 0 Å². The highest BCUT2D eigenvalue weighted by Crippen LogP contribution is 2.29. The Labute approximate surface area is 117 Å². The molecular formula is C14H17ClO4. The fourth-order valence-electron chi connectivity index (χ4n) is 2.18. The molecule has 1 aliphatic rings. The summed E-state index contributed by atoms with van der Waals surface area (Å²) in [6, 6.07) is 7.53. The number of carboxylic acids is 1. The fourth-order valence-corrected chi connectivity index (χ4v) is 2.31. The lowest BCUT2D eigenvalue weighted by Gasteiger charge is -2.23. The van der Waals surface area contributed by atoms with Crippen LogP contribution in [0.1, 0.15) is 25.3 Å². The molecule has 2 unspecified atom stereocenters. The number of aliphatic carboxylic acids is 1. The normalized spacial score (nSPS) is 26.5. The van der Waals surface area contributed by atoms with Crippen LogP contribution in [-0.4, -0.2) is 29.6 Å². The predicted octanol–water partition coefficient (Wildman–Crippen LogP) is 2.88. The zero-order chi connectivity index (χ0) is 13.9. The number of hydrogen-bond acceptors (Lipinski definition) is 3. The lowest BCUT2D eigenvalue weighted by molar-refractivity contribution is -0.155. The SMILES string of the molecule is CC1(Cc2ccc(Cl)cc2)OCC(CCC(=O)O)O1. The van der Waals surface area contributed by atoms with E-state index in [1.165, 1.54) is 0 Å². The Bertz CT molecular complexity index is 445. The van der Waals surface area contributed by atoms with E-state index in [-0.39, 0.29) is 12.5 Å². The van der Waals surface area contributed by atoms with Crippen molar-refractivity contribution in [2.75, 3.05) is 6.61 Å². The van der Waals surface area contributed by atoms with Crippen LogP contribution in [-0.2, 0) is 20.7 Å². The van der Waals surface area contributed by atoms with Crippen LogP contribution in [0.5, 0.6) is 0 Å². The first kappa shape index (κ1) is 14.3. The molecule has 1 aromatic carbocycles. The van der Waals surface area contributed by atoms with Gasteiger partial charge in [-0.3, -0.25) is 4.79 Å². The highest BCUT2D eigenvalue weighted by atomic mass is 35.5. The van der Waals surface area contributed by atoms with Gasteiger partial charge in [-0.15, -0.1) is 0 Å². The highest BCUT2D eigenvalue weighted by molar-refractivity contribution is 6.30. The zero-order valence-corrected chi connectivity index (χ0v) is 11.5. The van der Waals surface area contributed by atoms with Gasteiger partial charge in [0.25, 0.3) is 0 Å². The average Bonchev–Trinajstić information content (AvgIpc) is 2.72. The molecule has 0 bridgehead atoms. The van der Waals surface area contributed by atoms with E-state index in [9.17, 15) is 4.79 Å². The second-order valence-corrected chi connectivity index (χ2v) is 5.36. The first-order valence-corrected chi connectivity index (χ1v) is 6.63. The Morgan fingerprint density at radius 1 is 1.47 bits per heavy atom. The van der Waals surface area contributed by atoms with Gasteiger partial charge in [0.05, 0.1) is 12.7 Å². The molecule has 0 radical (unpaired) electrons. The average molecular weight is 285 g/mol. The molecule has 0 aliphatic carbocycles. The first-order valence-electron chi connectivity index (χ1n) is 6.25. The summed E-state index contributed by atoms with van der Waals surface area (Å²) >= 11 is 5.84. The second kappa shape index (κ2) is 5.90. The zero-order valence-electron chi connectivity index (χ0n) is 10.8. The molecule has 0 saturated carbocycles. The second-order valence-electron chi connectivity index (χ2n) is 4.92. The summed E-state index contributed by atoms with van der Waals surface area (Å²) in [6.45, 7) is 2.32. The molecule has 1 saturated heterocycles. The molecule has 19 heavy (non-hydrogen) atoms. The van der Waals surface area contributed by atoms with Crippen LogP contribution in [0.15, 0.2) is 24.3 Å². The number of carbonyl (C=O) groups is 1. The van der Waals surface area contributed by atoms with Gasteiger partial charge >= 0.3 is 5.97 Å². The van der Waals surface area contributed by atoms with Crippen molar-refractivity contribution in [3.05, 3.63) is 34.9 Å². The van der Waals surface area contributed by atoms with E-state index in [2.05, 4.69) is 0 Å². The topological polar surface area (TPSA) is 55.8 Å². The summed E-state index contributed by atoms with van der Waals surface area (Å²) in [5, 5.41) is 9.35. The lowest BCUT2D eigenvalue weighted by Crippen LogP contribution is -2.29. The van der Waals surface area contributed by atoms with Crippen molar-refractivity contribution in [2.24, 2.45) is 0 Å². The van der Waals surface area contributed by atoms with E-state index in [1.807, 2.05) is 31.2 Å². The van der Waals surface area contributed by atoms with E-state index < -0.39 is 11.8 Å². The van der Waals surface area contributed by atoms with E-state index in [1.54, 1.807) is 0 Å². The molecular weight excluding hydrogens is 268 g/mol. The van der Waals surface area contributed by atoms with Gasteiger partial charge in [0.1, 0.15) is 0 Å². The van der Waals surface area contributed by atoms with Gasteiger partial charge < -0.3 is 14.6 Å². The minimum Gasteiger partial charge on any atom is -0.481 e. The number of hydrogen-bond donors (Lipinski definition) is 1. The van der Waals surface area contributed by atoms with Gasteiger partial charge in [0.2, 0.25) is 0 Å². The van der Waals surface area contributed by atoms with Gasteiger partial charge in [-0.05, 0) is 31.0 Å². The molecule has 4 nitrogen and oxygen atoms in total. The van der Waals surface area contributed by atoms with Crippen molar-refractivity contribution < 1.29 is 19.4 Å². The Morgan fingerprint density at radius 2 is 2.16 bits per heavy atom. The third-order valence-corrected chi connectivity index (χ3v) is 3.36. The maximum Gasteiger partial charge on any atom is 0.303 e. The van der Waals surface area contributed by atoms with Crippen LogP contribution >= 0.6 is 11.6 Å². The van der Waals surface area contributed by atoms with Gasteiger partial charge in [-0.1, -0.05) is 23.7 Å². The van der Waals surface area contributed by atoms with Crippen molar-refractivity contribution >= 4 is 17.6 Å². The van der Waals surface area contributed by atoms with Gasteiger partial charge in [0.15, 0.2) is 5.79 Å². The summed E-state index contributed by atoms with van der Waals surface area (Å²) in [7, 11) is 0. The highest BCUT2D eigenvalue weighted by Gasteiger charge is 2.37. The van der Waals surface area contributed by atoms with Crippen LogP contribution in [0.25, 0.3) is 0 Å². The van der Waals surface area contributed by atoms with Crippen LogP contribution in [0.3, 0.4) is 0 Å². The van der Waals surface area contributed by atoms with Gasteiger partial charge in [0, 0.05) is 17.9 Å². The lowest BCUT2D eigenvalue weighted by atomic mass is 10.1. The Kier molecular flexibility index (Phi) is 4.45. The molecule has 1 fully saturated rings. The molecule has 5 heteroatoms. The molecule has 1 aliphatic heterocycles. The minimum absolute atomic E-state index is 0.102. The standard InChI is InChI=1S/C14H17ClO4/c1-14(8-10-2-4-11(15)5-3-10)18-9-12(19-14)6-7-13(16)17/h2-5,12H,6-9H2,1H3,(H,16,17). The van der Waals surface area contributed by atoms with E-state index in [4.69, 9.17) is 26.2 Å². The number of benzene rings is 1. The van der Waals surface area contributed by atoms with Crippen molar-refractivity contribution in [2.45, 2.75) is 38.1 Å². The number of halogens is 1. The third kappa shape index (κ3) is 4.20. The van der Waals surface area contributed by atoms with Crippen LogP contribution in [0, 0.1) is 0 Å². The summed E-state index contributed by atoms with van der Waals surface area (Å²) in [6.07, 6.45) is 1.05. The summed E-state index contributed by atoms with van der Waals surface area (Å²) in [5.41, 5.74) is 1.07. The van der Waals surface area contributed by atoms with Gasteiger partial charge in [-0.25, -0.2) is 0 Å². The van der Waals surface area contributed by atoms with E-state index >= 15 is 0 Å². The first-order chi connectivity index (χ1) is 8.97. The Hall–Kier alpha value is -1.10. The molecule has 2 rings (SSSR count). The van der Waals surface area contributed by atoms with Crippen molar-refractivity contribution in [3.8, 4) is 0 Å². The number of carboxylic acid groups (broad SMARTS) is 1. The van der Waals surface area contributed by atoms with Crippen LogP contribution in [0.4, 0.5) is 0 Å². The molecule has 1 aromatic rings. The molecule has 0 amide bonds. The number of rotatable bonds is 5. The van der Waals surface area contributed by atoms with Crippen molar-refractivity contribution in [1.82, 2.24) is 0 Å². The van der Waals surface area contributed by atoms with E-state index in [0.29, 0.717) is 24.5 Å². The summed E-state index contributed by atoms with van der Waals surface area (Å²) in [5.74, 6) is -1.49. The molecule has 104 valence electrons. The number of ether oxygens (including phenoxy) is 2. The van der Waals surface area contributed by atoms with Crippen molar-refractivity contribution in [3.63, 3.8) is 0 Å². The largest absolute Gasteiger partial charge is 0.481 e. The molecule has 0 aromatic heterocycles. The summed E-state index contributed by atoms with van der Waals surface area (Å²) in [4.78, 5) is 10.5. The predicted molar refractivity (Wildman–Crippen MR) is 71.3 cm³/mol. The molecule has 1 heterocycles. The Morgan fingerprint density at radius 3 is 2.79 bits per heavy atom. The molecule has 0 spiro atoms. The molecule has 1 N–H and O–H groups in total.